The SMILES string of the molecule is Cc1nnc2ccc(-c3noc(-c4ccccc4)n3)cn12. The van der Waals surface area contributed by atoms with Gasteiger partial charge in [-0.3, -0.25) is 4.40 Å². The maximum atomic E-state index is 5.33. The molecule has 0 amide bonds. The summed E-state index contributed by atoms with van der Waals surface area (Å²) in [6, 6.07) is 13.5. The Bertz CT molecular complexity index is 910. The zero-order chi connectivity index (χ0) is 14.2. The molecule has 0 bridgehead atoms. The minimum Gasteiger partial charge on any atom is -0.334 e. The van der Waals surface area contributed by atoms with Gasteiger partial charge >= 0.3 is 0 Å². The van der Waals surface area contributed by atoms with Gasteiger partial charge in [0.2, 0.25) is 5.82 Å². The lowest BCUT2D eigenvalue weighted by atomic mass is 10.2. The highest BCUT2D eigenvalue weighted by Crippen LogP contribution is 2.22. The molecule has 0 unspecified atom stereocenters. The predicted molar refractivity (Wildman–Crippen MR) is 76.5 cm³/mol. The van der Waals surface area contributed by atoms with Gasteiger partial charge in [-0.15, -0.1) is 10.2 Å². The number of rotatable bonds is 2. The van der Waals surface area contributed by atoms with E-state index in [2.05, 4.69) is 20.3 Å². The first-order valence-electron chi connectivity index (χ1n) is 6.52. The van der Waals surface area contributed by atoms with Crippen molar-refractivity contribution < 1.29 is 4.52 Å². The highest BCUT2D eigenvalue weighted by molar-refractivity contribution is 5.60. The summed E-state index contributed by atoms with van der Waals surface area (Å²) >= 11 is 0. The molecule has 1 aromatic carbocycles. The number of pyridine rings is 1. The summed E-state index contributed by atoms with van der Waals surface area (Å²) in [6.07, 6.45) is 1.91. The second kappa shape index (κ2) is 4.52. The lowest BCUT2D eigenvalue weighted by Crippen LogP contribution is -1.90. The standard InChI is InChI=1S/C15H11N5O/c1-10-17-18-13-8-7-12(9-20(10)13)14-16-15(21-19-14)11-5-3-2-4-6-11/h2-9H,1H3. The van der Waals surface area contributed by atoms with Crippen LogP contribution in [0.5, 0.6) is 0 Å². The molecule has 0 N–H and O–H groups in total. The molecule has 0 radical (unpaired) electrons. The number of benzene rings is 1. The Labute approximate surface area is 120 Å². The van der Waals surface area contributed by atoms with Crippen molar-refractivity contribution >= 4 is 5.65 Å². The average molecular weight is 277 g/mol. The molecule has 4 aromatic rings. The molecule has 0 fully saturated rings. The van der Waals surface area contributed by atoms with Gasteiger partial charge in [0.25, 0.3) is 5.89 Å². The van der Waals surface area contributed by atoms with Crippen LogP contribution in [0.25, 0.3) is 28.5 Å². The van der Waals surface area contributed by atoms with Crippen LogP contribution in [0.15, 0.2) is 53.2 Å². The fraction of sp³-hybridized carbons (Fsp3) is 0.0667. The molecular formula is C15H11N5O. The molecule has 0 atom stereocenters. The van der Waals surface area contributed by atoms with Gasteiger partial charge in [-0.1, -0.05) is 23.4 Å². The minimum absolute atomic E-state index is 0.506. The lowest BCUT2D eigenvalue weighted by Gasteiger charge is -1.97. The number of nitrogens with zero attached hydrogens (tertiary/aromatic N) is 5. The third-order valence-corrected chi connectivity index (χ3v) is 3.28. The molecule has 21 heavy (non-hydrogen) atoms. The van der Waals surface area contributed by atoms with E-state index in [0.29, 0.717) is 11.7 Å². The zero-order valence-electron chi connectivity index (χ0n) is 11.3. The molecule has 3 aromatic heterocycles. The summed E-state index contributed by atoms with van der Waals surface area (Å²) in [4.78, 5) is 4.44. The third-order valence-electron chi connectivity index (χ3n) is 3.28. The fourth-order valence-electron chi connectivity index (χ4n) is 2.18. The molecule has 4 rings (SSSR count). The van der Waals surface area contributed by atoms with Gasteiger partial charge in [0.05, 0.1) is 0 Å². The van der Waals surface area contributed by atoms with Gasteiger partial charge in [0.1, 0.15) is 5.82 Å². The van der Waals surface area contributed by atoms with Crippen LogP contribution in [0.2, 0.25) is 0 Å². The number of hydrogen-bond donors (Lipinski definition) is 0. The van der Waals surface area contributed by atoms with E-state index in [1.54, 1.807) is 0 Å². The molecule has 0 aliphatic heterocycles. The summed E-state index contributed by atoms with van der Waals surface area (Å²) in [7, 11) is 0. The fourth-order valence-corrected chi connectivity index (χ4v) is 2.18. The topological polar surface area (TPSA) is 69.1 Å². The van der Waals surface area contributed by atoms with Crippen molar-refractivity contribution in [2.24, 2.45) is 0 Å². The van der Waals surface area contributed by atoms with Crippen LogP contribution >= 0.6 is 0 Å². The first-order chi connectivity index (χ1) is 10.3. The van der Waals surface area contributed by atoms with E-state index in [0.717, 1.165) is 22.6 Å². The van der Waals surface area contributed by atoms with E-state index < -0.39 is 0 Å². The van der Waals surface area contributed by atoms with Crippen LogP contribution in [0.3, 0.4) is 0 Å². The number of aromatic nitrogens is 5. The van der Waals surface area contributed by atoms with Crippen molar-refractivity contribution in [3.05, 3.63) is 54.5 Å². The quantitative estimate of drug-likeness (QED) is 0.563. The highest BCUT2D eigenvalue weighted by Gasteiger charge is 2.11. The molecule has 3 heterocycles. The molecule has 6 heteroatoms. The third kappa shape index (κ3) is 1.97. The van der Waals surface area contributed by atoms with Gasteiger partial charge in [-0.25, -0.2) is 0 Å². The lowest BCUT2D eigenvalue weighted by molar-refractivity contribution is 0.432. The molecule has 0 aliphatic rings. The minimum atomic E-state index is 0.506. The molecule has 0 saturated carbocycles. The summed E-state index contributed by atoms with van der Waals surface area (Å²) < 4.78 is 7.22. The van der Waals surface area contributed by atoms with Crippen LogP contribution in [0.4, 0.5) is 0 Å². The van der Waals surface area contributed by atoms with Crippen LogP contribution in [0.1, 0.15) is 5.82 Å². The summed E-state index contributed by atoms with van der Waals surface area (Å²) in [5.41, 5.74) is 2.55. The van der Waals surface area contributed by atoms with E-state index in [-0.39, 0.29) is 0 Å². The first-order valence-corrected chi connectivity index (χ1v) is 6.52. The average Bonchev–Trinajstić information content (AvgIpc) is 3.16. The van der Waals surface area contributed by atoms with Crippen LogP contribution in [0, 0.1) is 6.92 Å². The second-order valence-electron chi connectivity index (χ2n) is 4.68. The summed E-state index contributed by atoms with van der Waals surface area (Å²) in [5, 5.41) is 12.1. The van der Waals surface area contributed by atoms with Gasteiger partial charge in [0.15, 0.2) is 5.65 Å². The molecule has 0 aliphatic carbocycles. The Morgan fingerprint density at radius 1 is 0.952 bits per heavy atom. The van der Waals surface area contributed by atoms with Crippen molar-refractivity contribution in [1.29, 1.82) is 0 Å². The molecule has 6 nitrogen and oxygen atoms in total. The van der Waals surface area contributed by atoms with E-state index in [9.17, 15) is 0 Å². The van der Waals surface area contributed by atoms with E-state index in [1.807, 2.05) is 60.0 Å². The molecule has 102 valence electrons. The summed E-state index contributed by atoms with van der Waals surface area (Å²) in [5.74, 6) is 1.87. The highest BCUT2D eigenvalue weighted by atomic mass is 16.5. The Morgan fingerprint density at radius 2 is 1.81 bits per heavy atom. The number of fused-ring (bicyclic) bond motifs is 1. The summed E-state index contributed by atoms with van der Waals surface area (Å²) in [6.45, 7) is 1.90. The van der Waals surface area contributed by atoms with E-state index >= 15 is 0 Å². The van der Waals surface area contributed by atoms with Crippen LogP contribution in [-0.2, 0) is 0 Å². The van der Waals surface area contributed by atoms with Crippen molar-refractivity contribution in [2.45, 2.75) is 6.92 Å². The smallest absolute Gasteiger partial charge is 0.258 e. The monoisotopic (exact) mass is 277 g/mol. The maximum Gasteiger partial charge on any atom is 0.258 e. The van der Waals surface area contributed by atoms with Crippen LogP contribution in [-0.4, -0.2) is 24.7 Å². The Hall–Kier alpha value is -3.02. The Kier molecular flexibility index (Phi) is 2.53. The van der Waals surface area contributed by atoms with Crippen molar-refractivity contribution in [3.8, 4) is 22.8 Å². The number of aryl methyl sites for hydroxylation is 1. The normalized spacial score (nSPS) is 11.1. The predicted octanol–water partition coefficient (Wildman–Crippen LogP) is 2.75. The van der Waals surface area contributed by atoms with Gasteiger partial charge < -0.3 is 4.52 Å². The van der Waals surface area contributed by atoms with E-state index in [4.69, 9.17) is 4.52 Å². The Balaban J connectivity index is 1.79. The maximum absolute atomic E-state index is 5.33. The van der Waals surface area contributed by atoms with Crippen molar-refractivity contribution in [3.63, 3.8) is 0 Å². The van der Waals surface area contributed by atoms with Crippen molar-refractivity contribution in [1.82, 2.24) is 24.7 Å². The zero-order valence-corrected chi connectivity index (χ0v) is 11.3. The second-order valence-corrected chi connectivity index (χ2v) is 4.68. The van der Waals surface area contributed by atoms with Gasteiger partial charge in [0, 0.05) is 17.3 Å². The number of hydrogen-bond acceptors (Lipinski definition) is 5. The Morgan fingerprint density at radius 3 is 2.67 bits per heavy atom. The van der Waals surface area contributed by atoms with Gasteiger partial charge in [-0.05, 0) is 31.2 Å². The first kappa shape index (κ1) is 11.8. The van der Waals surface area contributed by atoms with Crippen molar-refractivity contribution in [2.75, 3.05) is 0 Å². The molecular weight excluding hydrogens is 266 g/mol. The van der Waals surface area contributed by atoms with E-state index in [1.165, 1.54) is 0 Å². The molecule has 0 spiro atoms. The van der Waals surface area contributed by atoms with Crippen LogP contribution < -0.4 is 0 Å². The largest absolute Gasteiger partial charge is 0.334 e. The molecule has 0 saturated heterocycles. The van der Waals surface area contributed by atoms with Gasteiger partial charge in [-0.2, -0.15) is 4.98 Å².